The van der Waals surface area contributed by atoms with Gasteiger partial charge in [-0.05, 0) is 30.4 Å². The van der Waals surface area contributed by atoms with Gasteiger partial charge in [0.05, 0.1) is 6.21 Å². The van der Waals surface area contributed by atoms with E-state index in [9.17, 15) is 4.39 Å². The number of hydrogen-bond donors (Lipinski definition) is 2. The molecule has 0 spiro atoms. The van der Waals surface area contributed by atoms with Crippen molar-refractivity contribution in [1.82, 2.24) is 10.7 Å². The molecule has 6 heteroatoms. The second-order valence-corrected chi connectivity index (χ2v) is 4.36. The van der Waals surface area contributed by atoms with Crippen molar-refractivity contribution in [3.05, 3.63) is 46.7 Å². The molecule has 0 aliphatic carbocycles. The van der Waals surface area contributed by atoms with Crippen LogP contribution in [0.2, 0.25) is 0 Å². The standard InChI is InChI=1S/C11H11BrFN3S/c1-2-5-14-11(17)16-15-7-8-6-9(12)3-4-10(8)13/h2-4,6-7H,1,5H2,(H2,14,16,17)/b15-7-. The monoisotopic (exact) mass is 315 g/mol. The summed E-state index contributed by atoms with van der Waals surface area (Å²) in [6, 6.07) is 4.61. The molecule has 0 saturated carbocycles. The highest BCUT2D eigenvalue weighted by molar-refractivity contribution is 9.10. The molecule has 0 aromatic heterocycles. The van der Waals surface area contributed by atoms with Gasteiger partial charge in [0.15, 0.2) is 5.11 Å². The highest BCUT2D eigenvalue weighted by Crippen LogP contribution is 2.13. The van der Waals surface area contributed by atoms with Gasteiger partial charge in [0.2, 0.25) is 0 Å². The largest absolute Gasteiger partial charge is 0.358 e. The van der Waals surface area contributed by atoms with Crippen LogP contribution in [0, 0.1) is 5.82 Å². The van der Waals surface area contributed by atoms with Gasteiger partial charge in [-0.3, -0.25) is 5.43 Å². The lowest BCUT2D eigenvalue weighted by molar-refractivity contribution is 0.625. The molecule has 0 amide bonds. The average molecular weight is 316 g/mol. The van der Waals surface area contributed by atoms with Crippen LogP contribution in [-0.2, 0) is 0 Å². The molecular weight excluding hydrogens is 305 g/mol. The van der Waals surface area contributed by atoms with E-state index in [-0.39, 0.29) is 5.82 Å². The average Bonchev–Trinajstić information content (AvgIpc) is 2.31. The molecule has 0 heterocycles. The first-order valence-corrected chi connectivity index (χ1v) is 5.96. The Bertz CT molecular complexity index is 448. The normalized spacial score (nSPS) is 10.2. The van der Waals surface area contributed by atoms with Gasteiger partial charge in [0.1, 0.15) is 5.82 Å². The van der Waals surface area contributed by atoms with E-state index in [2.05, 4.69) is 38.4 Å². The highest BCUT2D eigenvalue weighted by Gasteiger charge is 1.99. The second kappa shape index (κ2) is 7.13. The molecule has 0 bridgehead atoms. The molecule has 3 nitrogen and oxygen atoms in total. The van der Waals surface area contributed by atoms with Crippen LogP contribution in [0.5, 0.6) is 0 Å². The van der Waals surface area contributed by atoms with Crippen LogP contribution in [0.15, 0.2) is 40.4 Å². The first kappa shape index (κ1) is 13.8. The number of hydrazone groups is 1. The smallest absolute Gasteiger partial charge is 0.187 e. The van der Waals surface area contributed by atoms with Crippen LogP contribution in [0.3, 0.4) is 0 Å². The van der Waals surface area contributed by atoms with Crippen molar-refractivity contribution in [2.45, 2.75) is 0 Å². The third-order valence-electron chi connectivity index (χ3n) is 1.73. The Morgan fingerprint density at radius 3 is 3.06 bits per heavy atom. The molecule has 90 valence electrons. The Kier molecular flexibility index (Phi) is 5.79. The van der Waals surface area contributed by atoms with Gasteiger partial charge >= 0.3 is 0 Å². The summed E-state index contributed by atoms with van der Waals surface area (Å²) in [5.41, 5.74) is 2.95. The van der Waals surface area contributed by atoms with E-state index in [0.717, 1.165) is 4.47 Å². The SMILES string of the molecule is C=CCNC(=S)N/N=C\c1cc(Br)ccc1F. The topological polar surface area (TPSA) is 36.4 Å². The minimum Gasteiger partial charge on any atom is -0.358 e. The maximum absolute atomic E-state index is 13.3. The quantitative estimate of drug-likeness (QED) is 0.388. The molecule has 0 fully saturated rings. The first-order chi connectivity index (χ1) is 8.13. The van der Waals surface area contributed by atoms with Gasteiger partial charge < -0.3 is 5.32 Å². The van der Waals surface area contributed by atoms with Crippen molar-refractivity contribution in [1.29, 1.82) is 0 Å². The minimum atomic E-state index is -0.344. The molecule has 0 radical (unpaired) electrons. The Balaban J connectivity index is 2.56. The summed E-state index contributed by atoms with van der Waals surface area (Å²) in [5.74, 6) is -0.344. The minimum absolute atomic E-state index is 0.344. The summed E-state index contributed by atoms with van der Waals surface area (Å²) in [4.78, 5) is 0. The lowest BCUT2D eigenvalue weighted by Gasteiger charge is -2.03. The van der Waals surface area contributed by atoms with Crippen molar-refractivity contribution in [2.24, 2.45) is 5.10 Å². The number of hydrogen-bond acceptors (Lipinski definition) is 2. The zero-order valence-corrected chi connectivity index (χ0v) is 11.3. The molecule has 0 atom stereocenters. The Morgan fingerprint density at radius 1 is 1.59 bits per heavy atom. The Labute approximate surface area is 113 Å². The number of nitrogens with one attached hydrogen (secondary N) is 2. The van der Waals surface area contributed by atoms with E-state index >= 15 is 0 Å². The van der Waals surface area contributed by atoms with Crippen LogP contribution in [0.1, 0.15) is 5.56 Å². The summed E-state index contributed by atoms with van der Waals surface area (Å²) < 4.78 is 14.1. The maximum atomic E-state index is 13.3. The maximum Gasteiger partial charge on any atom is 0.187 e. The second-order valence-electron chi connectivity index (χ2n) is 3.03. The predicted molar refractivity (Wildman–Crippen MR) is 75.6 cm³/mol. The molecule has 1 aromatic carbocycles. The molecule has 0 unspecified atom stereocenters. The molecule has 2 N–H and O–H groups in total. The highest BCUT2D eigenvalue weighted by atomic mass is 79.9. The van der Waals surface area contributed by atoms with Gasteiger partial charge in [0.25, 0.3) is 0 Å². The third kappa shape index (κ3) is 5.06. The molecule has 1 rings (SSSR count). The molecule has 1 aromatic rings. The Hall–Kier alpha value is -1.27. The summed E-state index contributed by atoms with van der Waals surface area (Å²) in [6.45, 7) is 4.09. The zero-order valence-electron chi connectivity index (χ0n) is 8.91. The third-order valence-corrected chi connectivity index (χ3v) is 2.46. The lowest BCUT2D eigenvalue weighted by atomic mass is 10.2. The number of nitrogens with zero attached hydrogens (tertiary/aromatic N) is 1. The van der Waals surface area contributed by atoms with Crippen LogP contribution in [0.4, 0.5) is 4.39 Å². The molecular formula is C11H11BrFN3S. The molecule has 0 saturated heterocycles. The lowest BCUT2D eigenvalue weighted by Crippen LogP contribution is -2.31. The van der Waals surface area contributed by atoms with Crippen LogP contribution in [0.25, 0.3) is 0 Å². The van der Waals surface area contributed by atoms with E-state index in [0.29, 0.717) is 17.2 Å². The molecule has 0 aliphatic rings. The summed E-state index contributed by atoms with van der Waals surface area (Å²) in [7, 11) is 0. The van der Waals surface area contributed by atoms with Gasteiger partial charge in [-0.1, -0.05) is 22.0 Å². The van der Waals surface area contributed by atoms with Crippen molar-refractivity contribution in [3.63, 3.8) is 0 Å². The van der Waals surface area contributed by atoms with Crippen LogP contribution >= 0.6 is 28.1 Å². The summed E-state index contributed by atoms with van der Waals surface area (Å²) in [5, 5.41) is 7.01. The summed E-state index contributed by atoms with van der Waals surface area (Å²) in [6.07, 6.45) is 3.04. The van der Waals surface area contributed by atoms with Gasteiger partial charge in [-0.2, -0.15) is 5.10 Å². The number of thiocarbonyl (C=S) groups is 1. The molecule has 17 heavy (non-hydrogen) atoms. The predicted octanol–water partition coefficient (Wildman–Crippen LogP) is 2.57. The van der Waals surface area contributed by atoms with Crippen molar-refractivity contribution in [3.8, 4) is 0 Å². The zero-order chi connectivity index (χ0) is 12.7. The van der Waals surface area contributed by atoms with E-state index in [1.54, 1.807) is 18.2 Å². The van der Waals surface area contributed by atoms with Crippen molar-refractivity contribution in [2.75, 3.05) is 6.54 Å². The van der Waals surface area contributed by atoms with Gasteiger partial charge in [-0.15, -0.1) is 6.58 Å². The van der Waals surface area contributed by atoms with Crippen molar-refractivity contribution < 1.29 is 4.39 Å². The Morgan fingerprint density at radius 2 is 2.35 bits per heavy atom. The fourth-order valence-electron chi connectivity index (χ4n) is 0.978. The molecule has 0 aliphatic heterocycles. The van der Waals surface area contributed by atoms with Crippen LogP contribution in [-0.4, -0.2) is 17.9 Å². The van der Waals surface area contributed by atoms with Gasteiger partial charge in [-0.25, -0.2) is 4.39 Å². The van der Waals surface area contributed by atoms with Gasteiger partial charge in [0, 0.05) is 16.6 Å². The number of rotatable bonds is 4. The first-order valence-electron chi connectivity index (χ1n) is 4.76. The fourth-order valence-corrected chi connectivity index (χ4v) is 1.49. The fraction of sp³-hybridized carbons (Fsp3) is 0.0909. The number of halogens is 2. The van der Waals surface area contributed by atoms with E-state index in [1.165, 1.54) is 12.3 Å². The van der Waals surface area contributed by atoms with Crippen LogP contribution < -0.4 is 10.7 Å². The van der Waals surface area contributed by atoms with E-state index in [1.807, 2.05) is 0 Å². The van der Waals surface area contributed by atoms with E-state index < -0.39 is 0 Å². The summed E-state index contributed by atoms with van der Waals surface area (Å²) >= 11 is 8.16. The van der Waals surface area contributed by atoms with Crippen molar-refractivity contribution >= 4 is 39.5 Å². The number of benzene rings is 1. The van der Waals surface area contributed by atoms with E-state index in [4.69, 9.17) is 12.2 Å².